The SMILES string of the molecule is CCN(c1ccc(NC(=O)c2sccc2N)cc1)C(C)C. The van der Waals surface area contributed by atoms with Gasteiger partial charge in [-0.15, -0.1) is 11.3 Å². The fraction of sp³-hybridized carbons (Fsp3) is 0.312. The Morgan fingerprint density at radius 2 is 1.95 bits per heavy atom. The summed E-state index contributed by atoms with van der Waals surface area (Å²) in [5.74, 6) is -0.161. The number of thiophene rings is 1. The van der Waals surface area contributed by atoms with Gasteiger partial charge in [-0.2, -0.15) is 0 Å². The van der Waals surface area contributed by atoms with Crippen LogP contribution in [-0.4, -0.2) is 18.5 Å². The number of carbonyl (C=O) groups is 1. The van der Waals surface area contributed by atoms with Gasteiger partial charge < -0.3 is 16.0 Å². The number of nitrogens with two attached hydrogens (primary N) is 1. The first-order valence-electron chi connectivity index (χ1n) is 7.04. The van der Waals surface area contributed by atoms with Gasteiger partial charge in [0.25, 0.3) is 5.91 Å². The summed E-state index contributed by atoms with van der Waals surface area (Å²) in [5, 5.41) is 4.69. The van der Waals surface area contributed by atoms with Crippen LogP contribution in [0.25, 0.3) is 0 Å². The molecule has 1 amide bonds. The van der Waals surface area contributed by atoms with Crippen molar-refractivity contribution in [1.29, 1.82) is 0 Å². The van der Waals surface area contributed by atoms with Crippen molar-refractivity contribution in [1.82, 2.24) is 0 Å². The highest BCUT2D eigenvalue weighted by Gasteiger charge is 2.12. The number of hydrogen-bond acceptors (Lipinski definition) is 4. The standard InChI is InChI=1S/C16H21N3OS/c1-4-19(11(2)3)13-7-5-12(6-8-13)18-16(20)15-14(17)9-10-21-15/h5-11H,4,17H2,1-3H3,(H,18,20). The first kappa shape index (κ1) is 15.4. The van der Waals surface area contributed by atoms with E-state index in [1.165, 1.54) is 11.3 Å². The molecule has 1 aromatic carbocycles. The topological polar surface area (TPSA) is 58.4 Å². The quantitative estimate of drug-likeness (QED) is 0.883. The van der Waals surface area contributed by atoms with Crippen molar-refractivity contribution in [3.63, 3.8) is 0 Å². The number of nitrogens with zero attached hydrogens (tertiary/aromatic N) is 1. The second-order valence-corrected chi connectivity index (χ2v) is 6.00. The number of nitrogens with one attached hydrogen (secondary N) is 1. The molecule has 0 fully saturated rings. The summed E-state index contributed by atoms with van der Waals surface area (Å²) in [5.41, 5.74) is 8.20. The minimum absolute atomic E-state index is 0.161. The van der Waals surface area contributed by atoms with Crippen molar-refractivity contribution in [3.05, 3.63) is 40.6 Å². The largest absolute Gasteiger partial charge is 0.397 e. The van der Waals surface area contributed by atoms with Crippen LogP contribution in [-0.2, 0) is 0 Å². The molecule has 5 heteroatoms. The van der Waals surface area contributed by atoms with Gasteiger partial charge in [0.15, 0.2) is 0 Å². The predicted molar refractivity (Wildman–Crippen MR) is 91.3 cm³/mol. The van der Waals surface area contributed by atoms with E-state index in [-0.39, 0.29) is 5.91 Å². The van der Waals surface area contributed by atoms with Crippen LogP contribution in [0.4, 0.5) is 17.1 Å². The molecule has 0 aliphatic rings. The molecule has 0 bridgehead atoms. The second kappa shape index (κ2) is 6.63. The zero-order valence-electron chi connectivity index (χ0n) is 12.6. The molecule has 112 valence electrons. The zero-order chi connectivity index (χ0) is 15.4. The molecule has 0 unspecified atom stereocenters. The summed E-state index contributed by atoms with van der Waals surface area (Å²) in [6, 6.07) is 10.1. The third kappa shape index (κ3) is 3.55. The summed E-state index contributed by atoms with van der Waals surface area (Å²) in [6.45, 7) is 7.42. The van der Waals surface area contributed by atoms with Crippen LogP contribution < -0.4 is 16.0 Å². The van der Waals surface area contributed by atoms with E-state index in [1.54, 1.807) is 6.07 Å². The Morgan fingerprint density at radius 3 is 2.43 bits per heavy atom. The van der Waals surface area contributed by atoms with Crippen LogP contribution in [0.5, 0.6) is 0 Å². The Labute approximate surface area is 129 Å². The lowest BCUT2D eigenvalue weighted by molar-refractivity contribution is 0.103. The smallest absolute Gasteiger partial charge is 0.267 e. The molecule has 0 atom stereocenters. The number of carbonyl (C=O) groups excluding carboxylic acids is 1. The third-order valence-electron chi connectivity index (χ3n) is 3.32. The van der Waals surface area contributed by atoms with E-state index in [9.17, 15) is 4.79 Å². The Balaban J connectivity index is 2.09. The van der Waals surface area contributed by atoms with Gasteiger partial charge in [0.05, 0.1) is 5.69 Å². The van der Waals surface area contributed by atoms with Crippen molar-refractivity contribution in [2.24, 2.45) is 0 Å². The Kier molecular flexibility index (Phi) is 4.85. The molecule has 2 rings (SSSR count). The highest BCUT2D eigenvalue weighted by molar-refractivity contribution is 7.12. The summed E-state index contributed by atoms with van der Waals surface area (Å²) >= 11 is 1.35. The van der Waals surface area contributed by atoms with Gasteiger partial charge in [0.2, 0.25) is 0 Å². The Bertz CT molecular complexity index is 604. The highest BCUT2D eigenvalue weighted by Crippen LogP contribution is 2.23. The third-order valence-corrected chi connectivity index (χ3v) is 4.25. The maximum Gasteiger partial charge on any atom is 0.267 e. The molecule has 0 aliphatic carbocycles. The lowest BCUT2D eigenvalue weighted by Gasteiger charge is -2.27. The average molecular weight is 303 g/mol. The number of amides is 1. The molecule has 21 heavy (non-hydrogen) atoms. The number of nitrogen functional groups attached to an aromatic ring is 1. The van der Waals surface area contributed by atoms with Crippen LogP contribution >= 0.6 is 11.3 Å². The highest BCUT2D eigenvalue weighted by atomic mass is 32.1. The molecule has 2 aromatic rings. The molecule has 3 N–H and O–H groups in total. The maximum absolute atomic E-state index is 12.1. The number of benzene rings is 1. The van der Waals surface area contributed by atoms with Crippen LogP contribution in [0.15, 0.2) is 35.7 Å². The summed E-state index contributed by atoms with van der Waals surface area (Å²) in [6.07, 6.45) is 0. The predicted octanol–water partition coefficient (Wildman–Crippen LogP) is 3.82. The number of hydrogen-bond donors (Lipinski definition) is 2. The van der Waals surface area contributed by atoms with E-state index in [4.69, 9.17) is 5.73 Å². The van der Waals surface area contributed by atoms with Crippen molar-refractivity contribution < 1.29 is 4.79 Å². The van der Waals surface area contributed by atoms with Crippen LogP contribution in [0.1, 0.15) is 30.4 Å². The average Bonchev–Trinajstić information content (AvgIpc) is 2.87. The minimum atomic E-state index is -0.161. The zero-order valence-corrected chi connectivity index (χ0v) is 13.4. The minimum Gasteiger partial charge on any atom is -0.397 e. The maximum atomic E-state index is 12.1. The van der Waals surface area contributed by atoms with Gasteiger partial charge in [-0.1, -0.05) is 0 Å². The van der Waals surface area contributed by atoms with Gasteiger partial charge in [0, 0.05) is 24.0 Å². The lowest BCUT2D eigenvalue weighted by Crippen LogP contribution is -2.30. The molecule has 4 nitrogen and oxygen atoms in total. The first-order valence-corrected chi connectivity index (χ1v) is 7.92. The van der Waals surface area contributed by atoms with Crippen molar-refractivity contribution in [2.45, 2.75) is 26.8 Å². The van der Waals surface area contributed by atoms with Crippen molar-refractivity contribution in [2.75, 3.05) is 22.5 Å². The van der Waals surface area contributed by atoms with Crippen LogP contribution in [0, 0.1) is 0 Å². The molecule has 0 radical (unpaired) electrons. The monoisotopic (exact) mass is 303 g/mol. The molecule has 0 aliphatic heterocycles. The van der Waals surface area contributed by atoms with Gasteiger partial charge in [-0.25, -0.2) is 0 Å². The molecular formula is C16H21N3OS. The van der Waals surface area contributed by atoms with E-state index < -0.39 is 0 Å². The van der Waals surface area contributed by atoms with Crippen molar-refractivity contribution >= 4 is 34.3 Å². The van der Waals surface area contributed by atoms with E-state index >= 15 is 0 Å². The Hall–Kier alpha value is -2.01. The fourth-order valence-electron chi connectivity index (χ4n) is 2.27. The molecular weight excluding hydrogens is 282 g/mol. The van der Waals surface area contributed by atoms with E-state index in [0.717, 1.165) is 17.9 Å². The summed E-state index contributed by atoms with van der Waals surface area (Å²) < 4.78 is 0. The normalized spacial score (nSPS) is 10.7. The lowest BCUT2D eigenvalue weighted by atomic mass is 10.2. The van der Waals surface area contributed by atoms with E-state index in [1.807, 2.05) is 29.6 Å². The van der Waals surface area contributed by atoms with E-state index in [2.05, 4.69) is 31.0 Å². The molecule has 1 aromatic heterocycles. The van der Waals surface area contributed by atoms with Gasteiger partial charge in [-0.05, 0) is 56.5 Å². The molecule has 0 spiro atoms. The number of anilines is 3. The van der Waals surface area contributed by atoms with Crippen LogP contribution in [0.2, 0.25) is 0 Å². The van der Waals surface area contributed by atoms with E-state index in [0.29, 0.717) is 16.6 Å². The first-order chi connectivity index (χ1) is 10.0. The van der Waals surface area contributed by atoms with Gasteiger partial charge in [-0.3, -0.25) is 4.79 Å². The summed E-state index contributed by atoms with van der Waals surface area (Å²) in [4.78, 5) is 14.9. The van der Waals surface area contributed by atoms with Gasteiger partial charge >= 0.3 is 0 Å². The molecule has 0 saturated heterocycles. The fourth-order valence-corrected chi connectivity index (χ4v) is 2.99. The van der Waals surface area contributed by atoms with Crippen molar-refractivity contribution in [3.8, 4) is 0 Å². The second-order valence-electron chi connectivity index (χ2n) is 5.09. The number of rotatable bonds is 5. The van der Waals surface area contributed by atoms with Gasteiger partial charge in [0.1, 0.15) is 4.88 Å². The Morgan fingerprint density at radius 1 is 1.29 bits per heavy atom. The molecule has 1 heterocycles. The summed E-state index contributed by atoms with van der Waals surface area (Å²) in [7, 11) is 0. The van der Waals surface area contributed by atoms with Crippen LogP contribution in [0.3, 0.4) is 0 Å². The molecule has 0 saturated carbocycles.